The summed E-state index contributed by atoms with van der Waals surface area (Å²) in [4.78, 5) is 2.53. The van der Waals surface area contributed by atoms with E-state index in [-0.39, 0.29) is 0 Å². The van der Waals surface area contributed by atoms with Crippen molar-refractivity contribution in [1.29, 1.82) is 0 Å². The second-order valence-corrected chi connectivity index (χ2v) is 3.57. The monoisotopic (exact) mass is 125 g/mol. The smallest absolute Gasteiger partial charge is 0.0121 e. The first kappa shape index (κ1) is 5.72. The lowest BCUT2D eigenvalue weighted by Gasteiger charge is -2.20. The van der Waals surface area contributed by atoms with Gasteiger partial charge in [0, 0.05) is 12.6 Å². The van der Waals surface area contributed by atoms with Crippen LogP contribution in [0.5, 0.6) is 0 Å². The van der Waals surface area contributed by atoms with E-state index in [0.29, 0.717) is 0 Å². The van der Waals surface area contributed by atoms with Gasteiger partial charge in [-0.1, -0.05) is 6.92 Å². The molecule has 52 valence electrons. The van der Waals surface area contributed by atoms with Gasteiger partial charge in [-0.15, -0.1) is 0 Å². The van der Waals surface area contributed by atoms with Gasteiger partial charge in [0.1, 0.15) is 0 Å². The van der Waals surface area contributed by atoms with E-state index in [1.165, 1.54) is 19.4 Å². The Morgan fingerprint density at radius 1 is 1.56 bits per heavy atom. The summed E-state index contributed by atoms with van der Waals surface area (Å²) in [6.07, 6.45) is 2.89. The zero-order valence-corrected chi connectivity index (χ0v) is 6.30. The van der Waals surface area contributed by atoms with Gasteiger partial charge in [0.05, 0.1) is 0 Å². The standard InChI is InChI=1S/C8H15N/c1-3-8-7-4-6(7)5-9(8)2/h6-8H,3-5H2,1-2H3/t6-,7-,8-/m1/s1. The summed E-state index contributed by atoms with van der Waals surface area (Å²) in [5, 5.41) is 0. The minimum absolute atomic E-state index is 0.940. The minimum Gasteiger partial charge on any atom is -0.303 e. The van der Waals surface area contributed by atoms with E-state index in [1.807, 2.05) is 0 Å². The zero-order chi connectivity index (χ0) is 6.43. The number of fused-ring (bicyclic) bond motifs is 1. The quantitative estimate of drug-likeness (QED) is 0.511. The molecule has 0 amide bonds. The Bertz CT molecular complexity index is 120. The highest BCUT2D eigenvalue weighted by Crippen LogP contribution is 2.49. The van der Waals surface area contributed by atoms with Crippen LogP contribution in [0.3, 0.4) is 0 Å². The van der Waals surface area contributed by atoms with E-state index in [0.717, 1.165) is 17.9 Å². The molecule has 2 rings (SSSR count). The third-order valence-electron chi connectivity index (χ3n) is 2.98. The predicted octanol–water partition coefficient (Wildman–Crippen LogP) is 1.35. The van der Waals surface area contributed by atoms with Crippen molar-refractivity contribution in [3.05, 3.63) is 0 Å². The maximum atomic E-state index is 2.53. The predicted molar refractivity (Wildman–Crippen MR) is 38.3 cm³/mol. The Kier molecular flexibility index (Phi) is 1.10. The van der Waals surface area contributed by atoms with Crippen LogP contribution in [0.25, 0.3) is 0 Å². The molecule has 1 heterocycles. The molecule has 1 aliphatic carbocycles. The van der Waals surface area contributed by atoms with Gasteiger partial charge in [-0.05, 0) is 31.7 Å². The summed E-state index contributed by atoms with van der Waals surface area (Å²) < 4.78 is 0. The van der Waals surface area contributed by atoms with Gasteiger partial charge < -0.3 is 4.90 Å². The van der Waals surface area contributed by atoms with Crippen LogP contribution in [0.1, 0.15) is 19.8 Å². The summed E-state index contributed by atoms with van der Waals surface area (Å²) in [5.74, 6) is 2.19. The fourth-order valence-electron chi connectivity index (χ4n) is 2.40. The van der Waals surface area contributed by atoms with Gasteiger partial charge in [0.2, 0.25) is 0 Å². The van der Waals surface area contributed by atoms with Gasteiger partial charge in [-0.2, -0.15) is 0 Å². The SMILES string of the molecule is CC[C@@H]1[C@@H]2C[C@@H]2CN1C. The Balaban J connectivity index is 2.02. The van der Waals surface area contributed by atoms with E-state index >= 15 is 0 Å². The molecule has 1 nitrogen and oxygen atoms in total. The lowest BCUT2D eigenvalue weighted by Crippen LogP contribution is -2.28. The topological polar surface area (TPSA) is 3.24 Å². The van der Waals surface area contributed by atoms with Crippen LogP contribution in [0.2, 0.25) is 0 Å². The molecule has 0 aromatic heterocycles. The Morgan fingerprint density at radius 2 is 2.33 bits per heavy atom. The van der Waals surface area contributed by atoms with Crippen molar-refractivity contribution in [2.45, 2.75) is 25.8 Å². The van der Waals surface area contributed by atoms with Crippen molar-refractivity contribution in [2.24, 2.45) is 11.8 Å². The normalized spacial score (nSPS) is 49.3. The molecule has 3 atom stereocenters. The van der Waals surface area contributed by atoms with E-state index in [2.05, 4.69) is 18.9 Å². The summed E-state index contributed by atoms with van der Waals surface area (Å²) in [6, 6.07) is 0.940. The van der Waals surface area contributed by atoms with Crippen LogP contribution in [0.4, 0.5) is 0 Å². The average molecular weight is 125 g/mol. The molecule has 1 saturated carbocycles. The van der Waals surface area contributed by atoms with Crippen molar-refractivity contribution in [3.63, 3.8) is 0 Å². The van der Waals surface area contributed by atoms with Crippen LogP contribution in [-0.2, 0) is 0 Å². The number of nitrogens with zero attached hydrogens (tertiary/aromatic N) is 1. The summed E-state index contributed by atoms with van der Waals surface area (Å²) >= 11 is 0. The minimum atomic E-state index is 0.940. The summed E-state index contributed by atoms with van der Waals surface area (Å²) in [5.41, 5.74) is 0. The lowest BCUT2D eigenvalue weighted by atomic mass is 10.1. The summed E-state index contributed by atoms with van der Waals surface area (Å²) in [7, 11) is 2.26. The molecule has 0 spiro atoms. The van der Waals surface area contributed by atoms with Gasteiger partial charge in [-0.25, -0.2) is 0 Å². The van der Waals surface area contributed by atoms with Gasteiger partial charge in [-0.3, -0.25) is 0 Å². The zero-order valence-electron chi connectivity index (χ0n) is 6.30. The molecule has 0 N–H and O–H groups in total. The first-order chi connectivity index (χ1) is 4.33. The summed E-state index contributed by atoms with van der Waals surface area (Å²) in [6.45, 7) is 3.69. The Labute approximate surface area is 57.0 Å². The highest BCUT2D eigenvalue weighted by atomic mass is 15.2. The van der Waals surface area contributed by atoms with Gasteiger partial charge in [0.25, 0.3) is 0 Å². The van der Waals surface area contributed by atoms with Gasteiger partial charge in [0.15, 0.2) is 0 Å². The molecule has 0 unspecified atom stereocenters. The molecular formula is C8H15N. The van der Waals surface area contributed by atoms with Crippen LogP contribution < -0.4 is 0 Å². The molecule has 0 aromatic rings. The van der Waals surface area contributed by atoms with Crippen molar-refractivity contribution < 1.29 is 0 Å². The number of likely N-dealkylation sites (tertiary alicyclic amines) is 1. The number of rotatable bonds is 1. The fraction of sp³-hybridized carbons (Fsp3) is 1.00. The van der Waals surface area contributed by atoms with Crippen molar-refractivity contribution in [2.75, 3.05) is 13.6 Å². The Morgan fingerprint density at radius 3 is 2.67 bits per heavy atom. The molecule has 2 aliphatic rings. The molecule has 1 aliphatic heterocycles. The molecule has 0 bridgehead atoms. The third-order valence-corrected chi connectivity index (χ3v) is 2.98. The average Bonchev–Trinajstić information content (AvgIpc) is 2.45. The van der Waals surface area contributed by atoms with E-state index in [9.17, 15) is 0 Å². The second kappa shape index (κ2) is 1.72. The molecular weight excluding hydrogens is 110 g/mol. The molecule has 1 saturated heterocycles. The maximum Gasteiger partial charge on any atom is 0.0121 e. The first-order valence-corrected chi connectivity index (χ1v) is 4.03. The molecule has 2 fully saturated rings. The number of piperidine rings is 1. The van der Waals surface area contributed by atoms with E-state index < -0.39 is 0 Å². The van der Waals surface area contributed by atoms with Crippen molar-refractivity contribution >= 4 is 0 Å². The van der Waals surface area contributed by atoms with Crippen LogP contribution in [0.15, 0.2) is 0 Å². The lowest BCUT2D eigenvalue weighted by molar-refractivity contribution is 0.263. The van der Waals surface area contributed by atoms with Gasteiger partial charge >= 0.3 is 0 Å². The highest BCUT2D eigenvalue weighted by molar-refractivity contribution is 5.02. The van der Waals surface area contributed by atoms with Crippen LogP contribution in [-0.4, -0.2) is 24.5 Å². The number of hydrogen-bond donors (Lipinski definition) is 0. The van der Waals surface area contributed by atoms with Crippen molar-refractivity contribution in [3.8, 4) is 0 Å². The highest BCUT2D eigenvalue weighted by Gasteiger charge is 2.49. The number of hydrogen-bond acceptors (Lipinski definition) is 1. The molecule has 1 heteroatoms. The molecule has 9 heavy (non-hydrogen) atoms. The fourth-order valence-corrected chi connectivity index (χ4v) is 2.40. The van der Waals surface area contributed by atoms with Crippen LogP contribution in [0, 0.1) is 11.8 Å². The maximum absolute atomic E-state index is 2.53. The van der Waals surface area contributed by atoms with Crippen LogP contribution >= 0.6 is 0 Å². The largest absolute Gasteiger partial charge is 0.303 e. The van der Waals surface area contributed by atoms with E-state index in [4.69, 9.17) is 0 Å². The third kappa shape index (κ3) is 0.710. The van der Waals surface area contributed by atoms with Crippen molar-refractivity contribution in [1.82, 2.24) is 4.90 Å². The molecule has 0 aromatic carbocycles. The first-order valence-electron chi connectivity index (χ1n) is 4.03. The second-order valence-electron chi connectivity index (χ2n) is 3.57. The van der Waals surface area contributed by atoms with E-state index in [1.54, 1.807) is 0 Å². The molecule has 0 radical (unpaired) electrons. The Hall–Kier alpha value is -0.0400.